The van der Waals surface area contributed by atoms with Gasteiger partial charge in [0.2, 0.25) is 0 Å². The molecule has 8 rings (SSSR count). The van der Waals surface area contributed by atoms with Gasteiger partial charge in [-0.05, 0) is 47.8 Å². The lowest BCUT2D eigenvalue weighted by molar-refractivity contribution is 0.497. The van der Waals surface area contributed by atoms with E-state index in [0.29, 0.717) is 11.6 Å². The van der Waals surface area contributed by atoms with Gasteiger partial charge in [-0.15, -0.1) is 0 Å². The SMILES string of the molecule is C=C1/C=C(/c2cccc(-c3nc(-c4ccccc4)nc(C4C=CC=CC4)n3)c2)CCN(c2ccccc2C2=PNN(C)C=N2)c2ccccc21. The third-order valence-electron chi connectivity index (χ3n) is 9.09. The fraction of sp³-hybridized carbons (Fsp3) is 0.119. The molecule has 7 nitrogen and oxygen atoms in total. The van der Waals surface area contributed by atoms with Gasteiger partial charge in [-0.3, -0.25) is 5.01 Å². The highest BCUT2D eigenvalue weighted by atomic mass is 31.1. The summed E-state index contributed by atoms with van der Waals surface area (Å²) < 4.78 is 0. The molecule has 8 heteroatoms. The number of aromatic nitrogens is 3. The zero-order chi connectivity index (χ0) is 33.9. The Kier molecular flexibility index (Phi) is 8.83. The normalized spacial score (nSPS) is 18.5. The molecular formula is C42H36N7P. The predicted molar refractivity (Wildman–Crippen MR) is 208 cm³/mol. The van der Waals surface area contributed by atoms with Crippen LogP contribution >= 0.6 is 8.35 Å². The van der Waals surface area contributed by atoms with Crippen molar-refractivity contribution >= 4 is 42.6 Å². The fourth-order valence-corrected chi connectivity index (χ4v) is 7.28. The number of para-hydroxylation sites is 2. The predicted octanol–water partition coefficient (Wildman–Crippen LogP) is 9.26. The highest BCUT2D eigenvalue weighted by Crippen LogP contribution is 2.40. The second-order valence-corrected chi connectivity index (χ2v) is 13.3. The molecule has 1 unspecified atom stereocenters. The zero-order valence-corrected chi connectivity index (χ0v) is 28.7. The molecule has 0 fully saturated rings. The van der Waals surface area contributed by atoms with Crippen molar-refractivity contribution in [2.75, 3.05) is 18.5 Å². The first kappa shape index (κ1) is 31.5. The topological polar surface area (TPSA) is 69.5 Å². The minimum absolute atomic E-state index is 0.103. The molecule has 1 atom stereocenters. The Morgan fingerprint density at radius 3 is 2.22 bits per heavy atom. The number of benzene rings is 4. The smallest absolute Gasteiger partial charge is 0.163 e. The van der Waals surface area contributed by atoms with E-state index in [4.69, 9.17) is 19.9 Å². The third kappa shape index (κ3) is 6.49. The van der Waals surface area contributed by atoms with Crippen LogP contribution in [0, 0.1) is 0 Å². The number of hydrogen-bond donors (Lipinski definition) is 1. The molecule has 1 aliphatic carbocycles. The number of allylic oxidation sites excluding steroid dienone is 6. The number of hydrogen-bond acceptors (Lipinski definition) is 7. The van der Waals surface area contributed by atoms with Gasteiger partial charge in [0.05, 0.1) is 5.69 Å². The Morgan fingerprint density at radius 1 is 0.760 bits per heavy atom. The van der Waals surface area contributed by atoms with Crippen LogP contribution in [-0.4, -0.2) is 45.3 Å². The van der Waals surface area contributed by atoms with Crippen molar-refractivity contribution < 1.29 is 0 Å². The van der Waals surface area contributed by atoms with Gasteiger partial charge in [-0.2, -0.15) is 5.20 Å². The first-order chi connectivity index (χ1) is 24.6. The molecule has 2 aliphatic heterocycles. The number of aliphatic imine (C=N–C) groups is 1. The maximum absolute atomic E-state index is 5.05. The van der Waals surface area contributed by atoms with Crippen LogP contribution < -0.4 is 10.1 Å². The molecule has 0 saturated carbocycles. The van der Waals surface area contributed by atoms with Gasteiger partial charge < -0.3 is 4.90 Å². The second kappa shape index (κ2) is 14.0. The molecule has 1 N–H and O–H groups in total. The van der Waals surface area contributed by atoms with Gasteiger partial charge in [0.25, 0.3) is 0 Å². The average Bonchev–Trinajstić information content (AvgIpc) is 3.18. The largest absolute Gasteiger partial charge is 0.340 e. The summed E-state index contributed by atoms with van der Waals surface area (Å²) in [4.78, 5) is 22.2. The molecule has 244 valence electrons. The molecule has 1 aromatic heterocycles. The van der Waals surface area contributed by atoms with Crippen molar-refractivity contribution in [2.45, 2.75) is 18.8 Å². The van der Waals surface area contributed by atoms with Crippen LogP contribution in [0.2, 0.25) is 0 Å². The highest BCUT2D eigenvalue weighted by Gasteiger charge is 2.23. The van der Waals surface area contributed by atoms with Crippen molar-refractivity contribution in [3.63, 3.8) is 0 Å². The lowest BCUT2D eigenvalue weighted by Crippen LogP contribution is -2.30. The highest BCUT2D eigenvalue weighted by molar-refractivity contribution is 7.39. The summed E-state index contributed by atoms with van der Waals surface area (Å²) in [7, 11) is 2.90. The number of nitrogens with zero attached hydrogens (tertiary/aromatic N) is 6. The molecule has 0 bridgehead atoms. The van der Waals surface area contributed by atoms with E-state index in [-0.39, 0.29) is 5.92 Å². The number of rotatable bonds is 6. The Hall–Kier alpha value is -5.75. The van der Waals surface area contributed by atoms with Crippen LogP contribution in [0.1, 0.15) is 41.3 Å². The standard InChI is InChI=1S/C42H36N7P/c1-29-26-33(24-25-49(37-22-11-9-20-35(29)37)38-23-12-10-21-36(38)42-43-28-48(2)47-50-42)32-18-13-19-34(27-32)41-45-39(30-14-5-3-6-15-30)44-40(46-41)31-16-7-4-8-17-31/h3-16,18-23,26-28,31,47H,1,17,24-25H2,2H3/b33-26+. The summed E-state index contributed by atoms with van der Waals surface area (Å²) >= 11 is 0. The van der Waals surface area contributed by atoms with E-state index in [0.717, 1.165) is 83.7 Å². The van der Waals surface area contributed by atoms with Crippen LogP contribution in [0.3, 0.4) is 0 Å². The first-order valence-corrected chi connectivity index (χ1v) is 17.7. The van der Waals surface area contributed by atoms with Crippen LogP contribution in [0.25, 0.3) is 33.9 Å². The Bertz CT molecular complexity index is 2230. The average molecular weight is 670 g/mol. The van der Waals surface area contributed by atoms with Gasteiger partial charge in [-0.25, -0.2) is 19.9 Å². The summed E-state index contributed by atoms with van der Waals surface area (Å²) in [6.45, 7) is 5.35. The molecule has 3 heterocycles. The molecule has 50 heavy (non-hydrogen) atoms. The van der Waals surface area contributed by atoms with Crippen LogP contribution in [0.5, 0.6) is 0 Å². The van der Waals surface area contributed by atoms with Gasteiger partial charge in [0, 0.05) is 55.8 Å². The number of hydrazine groups is 1. The lowest BCUT2D eigenvalue weighted by Gasteiger charge is -2.32. The van der Waals surface area contributed by atoms with E-state index in [1.54, 1.807) is 0 Å². The molecule has 0 amide bonds. The molecule has 5 aromatic rings. The molecule has 3 aliphatic rings. The van der Waals surface area contributed by atoms with Gasteiger partial charge >= 0.3 is 0 Å². The van der Waals surface area contributed by atoms with Gasteiger partial charge in [-0.1, -0.05) is 122 Å². The van der Waals surface area contributed by atoms with Crippen molar-refractivity contribution in [3.8, 4) is 22.8 Å². The Labute approximate surface area is 294 Å². The maximum atomic E-state index is 5.05. The van der Waals surface area contributed by atoms with Gasteiger partial charge in [0.1, 0.15) is 17.6 Å². The van der Waals surface area contributed by atoms with E-state index in [9.17, 15) is 0 Å². The first-order valence-electron chi connectivity index (χ1n) is 16.8. The van der Waals surface area contributed by atoms with Crippen LogP contribution in [-0.2, 0) is 0 Å². The van der Waals surface area contributed by atoms with Crippen LogP contribution in [0.15, 0.2) is 145 Å². The second-order valence-electron chi connectivity index (χ2n) is 12.5. The van der Waals surface area contributed by atoms with E-state index >= 15 is 0 Å². The minimum atomic E-state index is 0.103. The molecule has 0 spiro atoms. The lowest BCUT2D eigenvalue weighted by atomic mass is 9.92. The summed E-state index contributed by atoms with van der Waals surface area (Å²) in [6.07, 6.45) is 14.2. The summed E-state index contributed by atoms with van der Waals surface area (Å²) in [5, 5.41) is 5.22. The van der Waals surface area contributed by atoms with Crippen molar-refractivity contribution in [3.05, 3.63) is 163 Å². The quantitative estimate of drug-likeness (QED) is 0.182. The summed E-state index contributed by atoms with van der Waals surface area (Å²) in [5.41, 5.74) is 10.7. The number of fused-ring (bicyclic) bond motifs is 1. The monoisotopic (exact) mass is 669 g/mol. The third-order valence-corrected chi connectivity index (χ3v) is 10.1. The van der Waals surface area contributed by atoms with Crippen molar-refractivity contribution in [2.24, 2.45) is 4.99 Å². The summed E-state index contributed by atoms with van der Waals surface area (Å²) in [6, 6.07) is 35.8. The van der Waals surface area contributed by atoms with E-state index in [2.05, 4.69) is 132 Å². The van der Waals surface area contributed by atoms with Crippen LogP contribution in [0.4, 0.5) is 11.4 Å². The van der Waals surface area contributed by atoms with Crippen molar-refractivity contribution in [1.82, 2.24) is 25.2 Å². The Morgan fingerprint density at radius 2 is 1.46 bits per heavy atom. The van der Waals surface area contributed by atoms with E-state index in [1.165, 1.54) is 5.57 Å². The molecule has 0 saturated heterocycles. The number of nitrogens with one attached hydrogen (secondary N) is 1. The van der Waals surface area contributed by atoms with Crippen molar-refractivity contribution in [1.29, 1.82) is 0 Å². The van der Waals surface area contributed by atoms with E-state index < -0.39 is 0 Å². The number of anilines is 2. The summed E-state index contributed by atoms with van der Waals surface area (Å²) in [5.74, 6) is 2.25. The molecular weight excluding hydrogens is 633 g/mol. The van der Waals surface area contributed by atoms with E-state index in [1.807, 2.05) is 36.6 Å². The Balaban J connectivity index is 1.18. The maximum Gasteiger partial charge on any atom is 0.163 e. The molecule has 4 aromatic carbocycles. The van der Waals surface area contributed by atoms with Gasteiger partial charge in [0.15, 0.2) is 11.6 Å². The molecule has 0 radical (unpaired) electrons. The fourth-order valence-electron chi connectivity index (χ4n) is 6.56. The zero-order valence-electron chi connectivity index (χ0n) is 27.8. The minimum Gasteiger partial charge on any atom is -0.340 e.